The SMILES string of the molecule is CC(Oc1nn(C)c2ccc(Br)cc12)C(=O)NCC1CCCO1. The van der Waals surface area contributed by atoms with E-state index in [4.69, 9.17) is 9.47 Å². The summed E-state index contributed by atoms with van der Waals surface area (Å²) >= 11 is 3.45. The monoisotopic (exact) mass is 381 g/mol. The van der Waals surface area contributed by atoms with Gasteiger partial charge in [0.05, 0.1) is 17.0 Å². The molecule has 1 N–H and O–H groups in total. The van der Waals surface area contributed by atoms with E-state index < -0.39 is 6.10 Å². The largest absolute Gasteiger partial charge is 0.463 e. The van der Waals surface area contributed by atoms with Gasteiger partial charge in [-0.25, -0.2) is 0 Å². The van der Waals surface area contributed by atoms with Crippen LogP contribution >= 0.6 is 15.9 Å². The third-order valence-electron chi connectivity index (χ3n) is 3.96. The molecule has 7 heteroatoms. The van der Waals surface area contributed by atoms with Gasteiger partial charge in [-0.1, -0.05) is 15.9 Å². The summed E-state index contributed by atoms with van der Waals surface area (Å²) in [6, 6.07) is 5.85. The molecule has 1 amide bonds. The zero-order valence-electron chi connectivity index (χ0n) is 13.2. The number of aromatic nitrogens is 2. The fourth-order valence-electron chi connectivity index (χ4n) is 2.68. The maximum absolute atomic E-state index is 12.2. The van der Waals surface area contributed by atoms with Crippen LogP contribution in [0.15, 0.2) is 22.7 Å². The number of amides is 1. The summed E-state index contributed by atoms with van der Waals surface area (Å²) in [5, 5.41) is 8.11. The molecule has 1 aliphatic heterocycles. The standard InChI is InChI=1S/C16H20BrN3O3/c1-10(15(21)18-9-12-4-3-7-22-12)23-16-13-8-11(17)5-6-14(13)20(2)19-16/h5-6,8,10,12H,3-4,7,9H2,1-2H3,(H,18,21). The van der Waals surface area contributed by atoms with E-state index in [-0.39, 0.29) is 12.0 Å². The molecule has 1 fully saturated rings. The fourth-order valence-corrected chi connectivity index (χ4v) is 3.04. The van der Waals surface area contributed by atoms with E-state index >= 15 is 0 Å². The topological polar surface area (TPSA) is 65.4 Å². The minimum Gasteiger partial charge on any atom is -0.463 e. The molecule has 0 saturated carbocycles. The number of carbonyl (C=O) groups excluding carboxylic acids is 1. The predicted molar refractivity (Wildman–Crippen MR) is 90.5 cm³/mol. The van der Waals surface area contributed by atoms with Crippen LogP contribution in [0.5, 0.6) is 5.88 Å². The molecular formula is C16H20BrN3O3. The second-order valence-corrected chi connectivity index (χ2v) is 6.65. The van der Waals surface area contributed by atoms with Gasteiger partial charge in [-0.2, -0.15) is 0 Å². The molecule has 1 saturated heterocycles. The van der Waals surface area contributed by atoms with Crippen molar-refractivity contribution >= 4 is 32.7 Å². The fraction of sp³-hybridized carbons (Fsp3) is 0.500. The average Bonchev–Trinajstić information content (AvgIpc) is 3.14. The van der Waals surface area contributed by atoms with Crippen LogP contribution in [0.3, 0.4) is 0 Å². The normalized spacial score (nSPS) is 19.0. The molecule has 124 valence electrons. The molecule has 2 atom stereocenters. The zero-order chi connectivity index (χ0) is 16.4. The molecule has 1 aliphatic rings. The Hall–Kier alpha value is -1.60. The lowest BCUT2D eigenvalue weighted by Gasteiger charge is -2.15. The van der Waals surface area contributed by atoms with Gasteiger partial charge in [-0.05, 0) is 38.0 Å². The van der Waals surface area contributed by atoms with Gasteiger partial charge < -0.3 is 14.8 Å². The number of aryl methyl sites for hydroxylation is 1. The molecule has 0 radical (unpaired) electrons. The van der Waals surface area contributed by atoms with Crippen LogP contribution < -0.4 is 10.1 Å². The molecule has 0 bridgehead atoms. The van der Waals surface area contributed by atoms with Crippen molar-refractivity contribution in [2.24, 2.45) is 7.05 Å². The van der Waals surface area contributed by atoms with Gasteiger partial charge in [0.2, 0.25) is 5.88 Å². The number of hydrogen-bond acceptors (Lipinski definition) is 4. The van der Waals surface area contributed by atoms with Gasteiger partial charge in [0.15, 0.2) is 6.10 Å². The van der Waals surface area contributed by atoms with E-state index in [1.165, 1.54) is 0 Å². The summed E-state index contributed by atoms with van der Waals surface area (Å²) < 4.78 is 14.0. The van der Waals surface area contributed by atoms with Crippen LogP contribution in [0, 0.1) is 0 Å². The third-order valence-corrected chi connectivity index (χ3v) is 4.46. The van der Waals surface area contributed by atoms with Crippen molar-refractivity contribution in [2.45, 2.75) is 32.0 Å². The number of hydrogen-bond donors (Lipinski definition) is 1. The summed E-state index contributed by atoms with van der Waals surface area (Å²) in [5.41, 5.74) is 0.954. The predicted octanol–water partition coefficient (Wildman–Crippen LogP) is 2.40. The summed E-state index contributed by atoms with van der Waals surface area (Å²) in [7, 11) is 1.85. The molecule has 6 nitrogen and oxygen atoms in total. The van der Waals surface area contributed by atoms with Crippen molar-refractivity contribution in [1.82, 2.24) is 15.1 Å². The minimum atomic E-state index is -0.617. The van der Waals surface area contributed by atoms with E-state index in [0.29, 0.717) is 12.4 Å². The number of nitrogens with one attached hydrogen (secondary N) is 1. The number of rotatable bonds is 5. The number of carbonyl (C=O) groups is 1. The van der Waals surface area contributed by atoms with E-state index in [9.17, 15) is 4.79 Å². The number of halogens is 1. The van der Waals surface area contributed by atoms with Gasteiger partial charge in [0, 0.05) is 24.7 Å². The maximum atomic E-state index is 12.2. The summed E-state index contributed by atoms with van der Waals surface area (Å²) in [5.74, 6) is 0.304. The van der Waals surface area contributed by atoms with E-state index in [0.717, 1.165) is 34.8 Å². The molecular weight excluding hydrogens is 362 g/mol. The van der Waals surface area contributed by atoms with Crippen molar-refractivity contribution in [3.05, 3.63) is 22.7 Å². The highest BCUT2D eigenvalue weighted by Gasteiger charge is 2.21. The van der Waals surface area contributed by atoms with Crippen LogP contribution in [0.4, 0.5) is 0 Å². The van der Waals surface area contributed by atoms with Crippen LogP contribution in [-0.4, -0.2) is 41.0 Å². The van der Waals surface area contributed by atoms with Crippen molar-refractivity contribution < 1.29 is 14.3 Å². The van der Waals surface area contributed by atoms with E-state index in [2.05, 4.69) is 26.3 Å². The van der Waals surface area contributed by atoms with Crippen LogP contribution in [0.2, 0.25) is 0 Å². The Bertz CT molecular complexity index is 710. The Morgan fingerprint density at radius 1 is 1.61 bits per heavy atom. The first-order valence-electron chi connectivity index (χ1n) is 7.73. The maximum Gasteiger partial charge on any atom is 0.260 e. The lowest BCUT2D eigenvalue weighted by molar-refractivity contribution is -0.127. The highest BCUT2D eigenvalue weighted by atomic mass is 79.9. The molecule has 2 heterocycles. The molecule has 0 spiro atoms. The minimum absolute atomic E-state index is 0.123. The van der Waals surface area contributed by atoms with Gasteiger partial charge in [-0.15, -0.1) is 5.10 Å². The quantitative estimate of drug-likeness (QED) is 0.863. The first kappa shape index (κ1) is 16.3. The number of fused-ring (bicyclic) bond motifs is 1. The number of nitrogens with zero attached hydrogens (tertiary/aromatic N) is 2. The van der Waals surface area contributed by atoms with Crippen molar-refractivity contribution in [3.8, 4) is 5.88 Å². The van der Waals surface area contributed by atoms with Crippen LogP contribution in [0.1, 0.15) is 19.8 Å². The van der Waals surface area contributed by atoms with Gasteiger partial charge in [0.1, 0.15) is 0 Å². The van der Waals surface area contributed by atoms with Gasteiger partial charge in [0.25, 0.3) is 5.91 Å². The molecule has 2 aromatic rings. The van der Waals surface area contributed by atoms with E-state index in [1.54, 1.807) is 11.6 Å². The first-order chi connectivity index (χ1) is 11.0. The molecule has 2 unspecified atom stereocenters. The summed E-state index contributed by atoms with van der Waals surface area (Å²) in [6.07, 6.45) is 1.56. The van der Waals surface area contributed by atoms with Gasteiger partial charge in [-0.3, -0.25) is 9.48 Å². The zero-order valence-corrected chi connectivity index (χ0v) is 14.8. The van der Waals surface area contributed by atoms with Crippen molar-refractivity contribution in [3.63, 3.8) is 0 Å². The third kappa shape index (κ3) is 3.67. The molecule has 0 aliphatic carbocycles. The Morgan fingerprint density at radius 3 is 3.17 bits per heavy atom. The average molecular weight is 382 g/mol. The molecule has 3 rings (SSSR count). The lowest BCUT2D eigenvalue weighted by Crippen LogP contribution is -2.40. The van der Waals surface area contributed by atoms with Crippen molar-refractivity contribution in [2.75, 3.05) is 13.2 Å². The Kier molecular flexibility index (Phi) is 4.87. The highest BCUT2D eigenvalue weighted by molar-refractivity contribution is 9.10. The second-order valence-electron chi connectivity index (χ2n) is 5.73. The Labute approximate surface area is 143 Å². The lowest BCUT2D eigenvalue weighted by atomic mass is 10.2. The van der Waals surface area contributed by atoms with E-state index in [1.807, 2.05) is 25.2 Å². The van der Waals surface area contributed by atoms with Gasteiger partial charge >= 0.3 is 0 Å². The summed E-state index contributed by atoms with van der Waals surface area (Å²) in [4.78, 5) is 12.2. The Balaban J connectivity index is 1.66. The second kappa shape index (κ2) is 6.88. The number of benzene rings is 1. The van der Waals surface area contributed by atoms with Crippen LogP contribution in [0.25, 0.3) is 10.9 Å². The summed E-state index contributed by atoms with van der Waals surface area (Å²) in [6.45, 7) is 3.03. The molecule has 1 aromatic heterocycles. The van der Waals surface area contributed by atoms with Crippen molar-refractivity contribution in [1.29, 1.82) is 0 Å². The number of ether oxygens (including phenoxy) is 2. The first-order valence-corrected chi connectivity index (χ1v) is 8.52. The Morgan fingerprint density at radius 2 is 2.43 bits per heavy atom. The van der Waals surface area contributed by atoms with Crippen LogP contribution in [-0.2, 0) is 16.6 Å². The smallest absolute Gasteiger partial charge is 0.260 e. The molecule has 23 heavy (non-hydrogen) atoms. The molecule has 1 aromatic carbocycles. The highest BCUT2D eigenvalue weighted by Crippen LogP contribution is 2.28.